The Labute approximate surface area is 96.5 Å². The summed E-state index contributed by atoms with van der Waals surface area (Å²) >= 11 is 0. The molecule has 0 aromatic heterocycles. The molecule has 0 amide bonds. The molecule has 88 valence electrons. The lowest BCUT2D eigenvalue weighted by molar-refractivity contribution is 0.212. The Bertz CT molecular complexity index is 366. The molecule has 1 aromatic rings. The molecular formula is C12H16F2OSi. The number of halogens is 2. The van der Waals surface area contributed by atoms with Crippen LogP contribution in [0.4, 0.5) is 8.78 Å². The van der Waals surface area contributed by atoms with Crippen molar-refractivity contribution in [3.8, 4) is 0 Å². The monoisotopic (exact) mass is 242 g/mol. The standard InChI is InChI=1S/C12H16F2OSi/c1-4-5-12(15-16(2)3)9-6-7-10(13)11(14)8-9/h4,6-8,12,16H,1,5H2,2-3H3. The van der Waals surface area contributed by atoms with Crippen molar-refractivity contribution >= 4 is 9.04 Å². The molecule has 1 rings (SSSR count). The number of benzene rings is 1. The lowest BCUT2D eigenvalue weighted by Gasteiger charge is -2.19. The molecule has 0 saturated carbocycles. The average Bonchev–Trinajstić information content (AvgIpc) is 2.21. The van der Waals surface area contributed by atoms with Crippen LogP contribution < -0.4 is 0 Å². The minimum Gasteiger partial charge on any atom is -0.413 e. The second kappa shape index (κ2) is 5.91. The van der Waals surface area contributed by atoms with E-state index in [1.54, 1.807) is 12.1 Å². The first-order chi connectivity index (χ1) is 7.54. The molecular weight excluding hydrogens is 226 g/mol. The summed E-state index contributed by atoms with van der Waals surface area (Å²) in [4.78, 5) is 0. The van der Waals surface area contributed by atoms with E-state index in [-0.39, 0.29) is 6.10 Å². The molecule has 1 aromatic carbocycles. The maximum Gasteiger partial charge on any atom is 0.171 e. The molecule has 0 bridgehead atoms. The summed E-state index contributed by atoms with van der Waals surface area (Å²) in [5.74, 6) is -1.66. The fourth-order valence-electron chi connectivity index (χ4n) is 1.46. The van der Waals surface area contributed by atoms with Gasteiger partial charge in [0.25, 0.3) is 0 Å². The van der Waals surface area contributed by atoms with E-state index in [4.69, 9.17) is 4.43 Å². The summed E-state index contributed by atoms with van der Waals surface area (Å²) in [7, 11) is -1.22. The van der Waals surface area contributed by atoms with E-state index >= 15 is 0 Å². The zero-order chi connectivity index (χ0) is 12.1. The van der Waals surface area contributed by atoms with Crippen LogP contribution in [-0.2, 0) is 4.43 Å². The van der Waals surface area contributed by atoms with Crippen LogP contribution in [0, 0.1) is 11.6 Å². The summed E-state index contributed by atoms with van der Waals surface area (Å²) in [5.41, 5.74) is 0.667. The fraction of sp³-hybridized carbons (Fsp3) is 0.333. The molecule has 0 radical (unpaired) electrons. The van der Waals surface area contributed by atoms with E-state index in [1.165, 1.54) is 6.07 Å². The van der Waals surface area contributed by atoms with E-state index in [1.807, 2.05) is 13.1 Å². The van der Waals surface area contributed by atoms with E-state index in [0.29, 0.717) is 12.0 Å². The van der Waals surface area contributed by atoms with Crippen LogP contribution in [0.2, 0.25) is 13.1 Å². The molecule has 1 unspecified atom stereocenters. The normalized spacial score (nSPS) is 12.8. The third-order valence-corrected chi connectivity index (χ3v) is 3.01. The van der Waals surface area contributed by atoms with Crippen molar-refractivity contribution < 1.29 is 13.2 Å². The molecule has 4 heteroatoms. The van der Waals surface area contributed by atoms with Crippen molar-refractivity contribution in [2.75, 3.05) is 0 Å². The van der Waals surface area contributed by atoms with E-state index < -0.39 is 20.7 Å². The first kappa shape index (κ1) is 13.1. The summed E-state index contributed by atoms with van der Waals surface area (Å²) in [6.45, 7) is 7.72. The predicted octanol–water partition coefficient (Wildman–Crippen LogP) is 3.58. The van der Waals surface area contributed by atoms with Crippen molar-refractivity contribution in [1.29, 1.82) is 0 Å². The van der Waals surface area contributed by atoms with Gasteiger partial charge in [-0.2, -0.15) is 0 Å². The smallest absolute Gasteiger partial charge is 0.171 e. The van der Waals surface area contributed by atoms with E-state index in [9.17, 15) is 8.78 Å². The topological polar surface area (TPSA) is 9.23 Å². The first-order valence-corrected chi connectivity index (χ1v) is 8.04. The van der Waals surface area contributed by atoms with Gasteiger partial charge in [0.05, 0.1) is 6.10 Å². The zero-order valence-corrected chi connectivity index (χ0v) is 10.7. The Hall–Kier alpha value is -1.00. The van der Waals surface area contributed by atoms with Gasteiger partial charge in [-0.15, -0.1) is 6.58 Å². The molecule has 0 aliphatic heterocycles. The van der Waals surface area contributed by atoms with Crippen molar-refractivity contribution in [2.45, 2.75) is 25.6 Å². The second-order valence-corrected chi connectivity index (χ2v) is 6.24. The van der Waals surface area contributed by atoms with Crippen molar-refractivity contribution in [2.24, 2.45) is 0 Å². The van der Waals surface area contributed by atoms with Gasteiger partial charge in [-0.05, 0) is 37.2 Å². The van der Waals surface area contributed by atoms with Crippen LogP contribution in [-0.4, -0.2) is 9.04 Å². The summed E-state index contributed by atoms with van der Waals surface area (Å²) in [6, 6.07) is 3.88. The highest BCUT2D eigenvalue weighted by atomic mass is 28.3. The highest BCUT2D eigenvalue weighted by molar-refractivity contribution is 6.48. The van der Waals surface area contributed by atoms with Gasteiger partial charge < -0.3 is 4.43 Å². The SMILES string of the molecule is C=CCC(O[SiH](C)C)c1ccc(F)c(F)c1. The molecule has 0 aliphatic rings. The number of hydrogen-bond acceptors (Lipinski definition) is 1. The molecule has 16 heavy (non-hydrogen) atoms. The van der Waals surface area contributed by atoms with Gasteiger partial charge in [-0.25, -0.2) is 8.78 Å². The predicted molar refractivity (Wildman–Crippen MR) is 63.9 cm³/mol. The number of rotatable bonds is 5. The van der Waals surface area contributed by atoms with Crippen LogP contribution in [0.1, 0.15) is 18.1 Å². The van der Waals surface area contributed by atoms with Gasteiger partial charge in [0.15, 0.2) is 20.7 Å². The average molecular weight is 242 g/mol. The molecule has 0 saturated heterocycles. The van der Waals surface area contributed by atoms with Crippen molar-refractivity contribution in [1.82, 2.24) is 0 Å². The molecule has 0 fully saturated rings. The van der Waals surface area contributed by atoms with E-state index in [2.05, 4.69) is 6.58 Å². The molecule has 1 nitrogen and oxygen atoms in total. The maximum atomic E-state index is 13.1. The van der Waals surface area contributed by atoms with Crippen LogP contribution in [0.15, 0.2) is 30.9 Å². The summed E-state index contributed by atoms with van der Waals surface area (Å²) in [6.07, 6.45) is 2.12. The maximum absolute atomic E-state index is 13.1. The highest BCUT2D eigenvalue weighted by Crippen LogP contribution is 2.24. The Morgan fingerprint density at radius 3 is 2.56 bits per heavy atom. The third kappa shape index (κ3) is 3.54. The number of hydrogen-bond donors (Lipinski definition) is 0. The van der Waals surface area contributed by atoms with Crippen LogP contribution in [0.3, 0.4) is 0 Å². The molecule has 1 atom stereocenters. The van der Waals surface area contributed by atoms with Gasteiger partial charge in [0.1, 0.15) is 0 Å². The molecule has 0 spiro atoms. The van der Waals surface area contributed by atoms with Crippen molar-refractivity contribution in [3.63, 3.8) is 0 Å². The second-order valence-electron chi connectivity index (χ2n) is 3.87. The first-order valence-electron chi connectivity index (χ1n) is 5.26. The van der Waals surface area contributed by atoms with Gasteiger partial charge >= 0.3 is 0 Å². The zero-order valence-electron chi connectivity index (χ0n) is 9.54. The minimum atomic E-state index is -1.22. The van der Waals surface area contributed by atoms with Crippen LogP contribution in [0.5, 0.6) is 0 Å². The van der Waals surface area contributed by atoms with Crippen molar-refractivity contribution in [3.05, 3.63) is 48.1 Å². The van der Waals surface area contributed by atoms with Gasteiger partial charge in [-0.1, -0.05) is 12.1 Å². The largest absolute Gasteiger partial charge is 0.413 e. The lowest BCUT2D eigenvalue weighted by Crippen LogP contribution is -2.14. The molecule has 0 aliphatic carbocycles. The van der Waals surface area contributed by atoms with Crippen LogP contribution in [0.25, 0.3) is 0 Å². The lowest BCUT2D eigenvalue weighted by atomic mass is 10.1. The summed E-state index contributed by atoms with van der Waals surface area (Å²) < 4.78 is 31.6. The quantitative estimate of drug-likeness (QED) is 0.566. The fourth-order valence-corrected chi connectivity index (χ4v) is 2.39. The summed E-state index contributed by atoms with van der Waals surface area (Å²) in [5, 5.41) is 0. The van der Waals surface area contributed by atoms with E-state index in [0.717, 1.165) is 6.07 Å². The molecule has 0 N–H and O–H groups in total. The van der Waals surface area contributed by atoms with Gasteiger partial charge in [0, 0.05) is 0 Å². The molecule has 0 heterocycles. The Kier molecular flexibility index (Phi) is 4.83. The van der Waals surface area contributed by atoms with Crippen LogP contribution >= 0.6 is 0 Å². The minimum absolute atomic E-state index is 0.209. The van der Waals surface area contributed by atoms with Gasteiger partial charge in [0.2, 0.25) is 0 Å². The Balaban J connectivity index is 2.91. The Morgan fingerprint density at radius 1 is 1.38 bits per heavy atom. The highest BCUT2D eigenvalue weighted by Gasteiger charge is 2.14. The van der Waals surface area contributed by atoms with Gasteiger partial charge in [-0.3, -0.25) is 0 Å². The third-order valence-electron chi connectivity index (χ3n) is 2.13. The Morgan fingerprint density at radius 2 is 2.06 bits per heavy atom.